The summed E-state index contributed by atoms with van der Waals surface area (Å²) in [6.07, 6.45) is 0. The number of hydrogen-bond acceptors (Lipinski definition) is 4. The van der Waals surface area contributed by atoms with E-state index in [1.54, 1.807) is 12.1 Å². The fourth-order valence-electron chi connectivity index (χ4n) is 2.10. The van der Waals surface area contributed by atoms with Crippen LogP contribution in [0.5, 0.6) is 5.75 Å². The normalized spacial score (nSPS) is 10.8. The number of hydrogen-bond donors (Lipinski definition) is 0. The molecule has 0 fully saturated rings. The van der Waals surface area contributed by atoms with E-state index in [0.29, 0.717) is 12.2 Å². The fraction of sp³-hybridized carbons (Fsp3) is 0.222. The molecule has 0 aliphatic heterocycles. The number of benzene rings is 2. The van der Waals surface area contributed by atoms with Gasteiger partial charge in [0.25, 0.3) is 0 Å². The Kier molecular flexibility index (Phi) is 3.80. The Balaban J connectivity index is 1.74. The van der Waals surface area contributed by atoms with Crippen LogP contribution in [-0.4, -0.2) is 4.98 Å². The quantitative estimate of drug-likeness (QED) is 0.715. The van der Waals surface area contributed by atoms with E-state index in [2.05, 4.69) is 11.1 Å². The van der Waals surface area contributed by atoms with Crippen molar-refractivity contribution in [3.63, 3.8) is 0 Å². The van der Waals surface area contributed by atoms with Crippen LogP contribution in [0.15, 0.2) is 46.9 Å². The Labute approximate surface area is 129 Å². The first-order valence-corrected chi connectivity index (χ1v) is 7.18. The van der Waals surface area contributed by atoms with Gasteiger partial charge in [-0.1, -0.05) is 26.0 Å². The number of rotatable bonds is 4. The molecule has 0 spiro atoms. The topological polar surface area (TPSA) is 59.0 Å². The predicted molar refractivity (Wildman–Crippen MR) is 83.6 cm³/mol. The molecule has 0 aliphatic rings. The molecule has 4 heteroatoms. The Hall–Kier alpha value is -2.80. The van der Waals surface area contributed by atoms with Crippen molar-refractivity contribution >= 4 is 11.1 Å². The van der Waals surface area contributed by atoms with E-state index < -0.39 is 0 Å². The Bertz CT molecular complexity index is 826. The Morgan fingerprint density at radius 2 is 1.95 bits per heavy atom. The summed E-state index contributed by atoms with van der Waals surface area (Å²) in [5, 5.41) is 8.78. The Morgan fingerprint density at radius 3 is 2.64 bits per heavy atom. The predicted octanol–water partition coefficient (Wildman–Crippen LogP) is 4.40. The minimum Gasteiger partial charge on any atom is -0.489 e. The lowest BCUT2D eigenvalue weighted by atomic mass is 10.2. The average molecular weight is 292 g/mol. The largest absolute Gasteiger partial charge is 0.489 e. The number of ether oxygens (including phenoxy) is 1. The summed E-state index contributed by atoms with van der Waals surface area (Å²) in [5.74, 6) is 1.73. The molecule has 0 N–H and O–H groups in total. The first-order chi connectivity index (χ1) is 10.7. The van der Waals surface area contributed by atoms with Gasteiger partial charge in [-0.3, -0.25) is 0 Å². The van der Waals surface area contributed by atoms with E-state index >= 15 is 0 Å². The van der Waals surface area contributed by atoms with E-state index in [9.17, 15) is 0 Å². The van der Waals surface area contributed by atoms with Crippen molar-refractivity contribution in [2.75, 3.05) is 0 Å². The Morgan fingerprint density at radius 1 is 1.18 bits per heavy atom. The number of aromatic nitrogens is 1. The second-order valence-electron chi connectivity index (χ2n) is 5.43. The first-order valence-electron chi connectivity index (χ1n) is 7.18. The standard InChI is InChI=1S/C18H16N2O2/c1-12(2)18-20-16-8-7-15(9-17(16)22-18)21-11-14-5-3-13(10-19)4-6-14/h3-9,12H,11H2,1-2H3. The highest BCUT2D eigenvalue weighted by Gasteiger charge is 2.10. The lowest BCUT2D eigenvalue weighted by Gasteiger charge is -2.05. The minimum atomic E-state index is 0.260. The summed E-state index contributed by atoms with van der Waals surface area (Å²) in [4.78, 5) is 4.44. The van der Waals surface area contributed by atoms with E-state index in [1.807, 2.05) is 44.2 Å². The molecule has 3 aromatic rings. The molecule has 0 saturated carbocycles. The van der Waals surface area contributed by atoms with E-state index in [4.69, 9.17) is 14.4 Å². The number of nitriles is 1. The van der Waals surface area contributed by atoms with Crippen molar-refractivity contribution in [2.45, 2.75) is 26.4 Å². The fourth-order valence-corrected chi connectivity index (χ4v) is 2.10. The molecule has 1 aromatic heterocycles. The number of nitrogens with zero attached hydrogens (tertiary/aromatic N) is 2. The molecule has 0 radical (unpaired) electrons. The average Bonchev–Trinajstić information content (AvgIpc) is 2.97. The lowest BCUT2D eigenvalue weighted by molar-refractivity contribution is 0.306. The monoisotopic (exact) mass is 292 g/mol. The van der Waals surface area contributed by atoms with Crippen LogP contribution in [0.3, 0.4) is 0 Å². The SMILES string of the molecule is CC(C)c1nc2ccc(OCc3ccc(C#N)cc3)cc2o1. The summed E-state index contributed by atoms with van der Waals surface area (Å²) in [5.41, 5.74) is 3.24. The van der Waals surface area contributed by atoms with Gasteiger partial charge in [-0.05, 0) is 29.8 Å². The number of oxazole rings is 1. The third-order valence-corrected chi connectivity index (χ3v) is 3.36. The van der Waals surface area contributed by atoms with Gasteiger partial charge in [-0.2, -0.15) is 5.26 Å². The molecule has 0 bridgehead atoms. The maximum Gasteiger partial charge on any atom is 0.198 e. The van der Waals surface area contributed by atoms with Crippen LogP contribution in [0.2, 0.25) is 0 Å². The van der Waals surface area contributed by atoms with Gasteiger partial charge < -0.3 is 9.15 Å². The van der Waals surface area contributed by atoms with E-state index in [-0.39, 0.29) is 5.92 Å². The zero-order valence-corrected chi connectivity index (χ0v) is 12.5. The van der Waals surface area contributed by atoms with Crippen molar-refractivity contribution < 1.29 is 9.15 Å². The molecule has 0 aliphatic carbocycles. The summed E-state index contributed by atoms with van der Waals surface area (Å²) < 4.78 is 11.5. The smallest absolute Gasteiger partial charge is 0.198 e. The summed E-state index contributed by atoms with van der Waals surface area (Å²) >= 11 is 0. The molecule has 3 rings (SSSR count). The lowest BCUT2D eigenvalue weighted by Crippen LogP contribution is -1.95. The zero-order valence-electron chi connectivity index (χ0n) is 12.5. The van der Waals surface area contributed by atoms with E-state index in [1.165, 1.54) is 0 Å². The summed E-state index contributed by atoms with van der Waals surface area (Å²) in [7, 11) is 0. The van der Waals surface area contributed by atoms with Crippen molar-refractivity contribution in [1.29, 1.82) is 5.26 Å². The molecular weight excluding hydrogens is 276 g/mol. The van der Waals surface area contributed by atoms with Gasteiger partial charge in [0.1, 0.15) is 17.9 Å². The maximum absolute atomic E-state index is 8.78. The molecule has 0 saturated heterocycles. The van der Waals surface area contributed by atoms with E-state index in [0.717, 1.165) is 28.3 Å². The molecule has 110 valence electrons. The van der Waals surface area contributed by atoms with Gasteiger partial charge in [-0.15, -0.1) is 0 Å². The third-order valence-electron chi connectivity index (χ3n) is 3.36. The second kappa shape index (κ2) is 5.90. The molecular formula is C18H16N2O2. The molecule has 22 heavy (non-hydrogen) atoms. The number of fused-ring (bicyclic) bond motifs is 1. The van der Waals surface area contributed by atoms with Crippen LogP contribution in [0.25, 0.3) is 11.1 Å². The van der Waals surface area contributed by atoms with Crippen LogP contribution in [-0.2, 0) is 6.61 Å². The van der Waals surface area contributed by atoms with Crippen LogP contribution in [0, 0.1) is 11.3 Å². The highest BCUT2D eigenvalue weighted by atomic mass is 16.5. The molecule has 0 atom stereocenters. The summed E-state index contributed by atoms with van der Waals surface area (Å²) in [6, 6.07) is 15.1. The zero-order chi connectivity index (χ0) is 15.5. The third kappa shape index (κ3) is 2.94. The van der Waals surface area contributed by atoms with Gasteiger partial charge in [0.15, 0.2) is 11.5 Å². The van der Waals surface area contributed by atoms with Gasteiger partial charge in [0, 0.05) is 12.0 Å². The molecule has 1 heterocycles. The molecule has 2 aromatic carbocycles. The van der Waals surface area contributed by atoms with Gasteiger partial charge >= 0.3 is 0 Å². The molecule has 0 amide bonds. The van der Waals surface area contributed by atoms with Crippen molar-refractivity contribution in [3.8, 4) is 11.8 Å². The van der Waals surface area contributed by atoms with Crippen molar-refractivity contribution in [1.82, 2.24) is 4.98 Å². The molecule has 4 nitrogen and oxygen atoms in total. The highest BCUT2D eigenvalue weighted by molar-refractivity contribution is 5.74. The highest BCUT2D eigenvalue weighted by Crippen LogP contribution is 2.25. The first kappa shape index (κ1) is 14.2. The van der Waals surface area contributed by atoms with Crippen LogP contribution in [0.1, 0.15) is 36.8 Å². The van der Waals surface area contributed by atoms with Gasteiger partial charge in [0.2, 0.25) is 0 Å². The van der Waals surface area contributed by atoms with Crippen LogP contribution < -0.4 is 4.74 Å². The summed E-state index contributed by atoms with van der Waals surface area (Å²) in [6.45, 7) is 4.54. The van der Waals surface area contributed by atoms with Gasteiger partial charge in [-0.25, -0.2) is 4.98 Å². The second-order valence-corrected chi connectivity index (χ2v) is 5.43. The minimum absolute atomic E-state index is 0.260. The van der Waals surface area contributed by atoms with Crippen molar-refractivity contribution in [2.24, 2.45) is 0 Å². The van der Waals surface area contributed by atoms with Crippen LogP contribution in [0.4, 0.5) is 0 Å². The van der Waals surface area contributed by atoms with Gasteiger partial charge in [0.05, 0.1) is 11.6 Å². The molecule has 0 unspecified atom stereocenters. The maximum atomic E-state index is 8.78. The van der Waals surface area contributed by atoms with Crippen LogP contribution >= 0.6 is 0 Å². The van der Waals surface area contributed by atoms with Crippen molar-refractivity contribution in [3.05, 3.63) is 59.5 Å².